The first kappa shape index (κ1) is 21.2. The number of anilines is 1. The number of fused-ring (bicyclic) bond motifs is 1. The number of amides is 1. The second-order valence-electron chi connectivity index (χ2n) is 5.93. The summed E-state index contributed by atoms with van der Waals surface area (Å²) in [7, 11) is -3.66. The molecule has 146 valence electrons. The van der Waals surface area contributed by atoms with Gasteiger partial charge in [-0.15, -0.1) is 12.4 Å². The second-order valence-corrected chi connectivity index (χ2v) is 7.70. The Morgan fingerprint density at radius 1 is 1.19 bits per heavy atom. The van der Waals surface area contributed by atoms with Crippen molar-refractivity contribution >= 4 is 34.0 Å². The van der Waals surface area contributed by atoms with Crippen LogP contribution in [0.25, 0.3) is 0 Å². The molecule has 4 N–H and O–H groups in total. The highest BCUT2D eigenvalue weighted by Crippen LogP contribution is 2.34. The number of ether oxygens (including phenoxy) is 1. The molecule has 3 rings (SSSR count). The van der Waals surface area contributed by atoms with Crippen LogP contribution in [0.2, 0.25) is 0 Å². The number of nitrogens with one attached hydrogen (secondary N) is 2. The summed E-state index contributed by atoms with van der Waals surface area (Å²) in [5, 5.41) is 2.81. The molecule has 0 aromatic heterocycles. The van der Waals surface area contributed by atoms with Crippen LogP contribution in [0.3, 0.4) is 0 Å². The van der Waals surface area contributed by atoms with Crippen molar-refractivity contribution in [1.82, 2.24) is 4.72 Å². The molecule has 0 spiro atoms. The number of rotatable bonds is 6. The minimum absolute atomic E-state index is 0. The van der Waals surface area contributed by atoms with Crippen molar-refractivity contribution in [3.8, 4) is 5.75 Å². The molecule has 27 heavy (non-hydrogen) atoms. The summed E-state index contributed by atoms with van der Waals surface area (Å²) < 4.78 is 32.4. The summed E-state index contributed by atoms with van der Waals surface area (Å²) in [6.45, 7) is 0.823. The quantitative estimate of drug-likeness (QED) is 0.671. The zero-order valence-electron chi connectivity index (χ0n) is 14.6. The van der Waals surface area contributed by atoms with Gasteiger partial charge >= 0.3 is 0 Å². The van der Waals surface area contributed by atoms with Crippen LogP contribution in [0.4, 0.5) is 5.69 Å². The van der Waals surface area contributed by atoms with Gasteiger partial charge in [0.25, 0.3) is 0 Å². The van der Waals surface area contributed by atoms with Gasteiger partial charge in [0, 0.05) is 24.3 Å². The van der Waals surface area contributed by atoms with Crippen molar-refractivity contribution in [3.63, 3.8) is 0 Å². The maximum Gasteiger partial charge on any atom is 0.240 e. The fraction of sp³-hybridized carbons (Fsp3) is 0.278. The van der Waals surface area contributed by atoms with Crippen molar-refractivity contribution in [3.05, 3.63) is 54.1 Å². The Hall–Kier alpha value is -2.13. The number of carbonyl (C=O) groups excluding carboxylic acids is 1. The van der Waals surface area contributed by atoms with Crippen molar-refractivity contribution in [2.75, 3.05) is 25.0 Å². The van der Waals surface area contributed by atoms with Crippen LogP contribution in [0, 0.1) is 0 Å². The molecule has 0 radical (unpaired) electrons. The molecule has 0 bridgehead atoms. The minimum atomic E-state index is -3.66. The molecule has 1 aliphatic heterocycles. The van der Waals surface area contributed by atoms with Gasteiger partial charge < -0.3 is 15.8 Å². The van der Waals surface area contributed by atoms with E-state index in [0.717, 1.165) is 5.56 Å². The first-order valence-electron chi connectivity index (χ1n) is 8.33. The molecule has 0 saturated heterocycles. The fourth-order valence-corrected chi connectivity index (χ4v) is 3.95. The number of halogens is 1. The number of nitrogens with two attached hydrogens (primary N) is 1. The molecule has 0 fully saturated rings. The highest BCUT2D eigenvalue weighted by Gasteiger charge is 2.27. The van der Waals surface area contributed by atoms with E-state index in [0.29, 0.717) is 24.5 Å². The average molecular weight is 412 g/mol. The molecule has 1 heterocycles. The maximum absolute atomic E-state index is 12.7. The zero-order valence-corrected chi connectivity index (χ0v) is 16.2. The van der Waals surface area contributed by atoms with E-state index in [1.54, 1.807) is 12.1 Å². The Bertz CT molecular complexity index is 905. The van der Waals surface area contributed by atoms with Crippen molar-refractivity contribution in [1.29, 1.82) is 0 Å². The van der Waals surface area contributed by atoms with Gasteiger partial charge in [-0.1, -0.05) is 24.3 Å². The monoisotopic (exact) mass is 411 g/mol. The molecule has 1 amide bonds. The van der Waals surface area contributed by atoms with E-state index in [-0.39, 0.29) is 42.2 Å². The van der Waals surface area contributed by atoms with Crippen molar-refractivity contribution in [2.24, 2.45) is 5.73 Å². The molecular weight excluding hydrogens is 390 g/mol. The number of benzene rings is 2. The van der Waals surface area contributed by atoms with Gasteiger partial charge in [0.2, 0.25) is 15.9 Å². The Morgan fingerprint density at radius 3 is 2.74 bits per heavy atom. The lowest BCUT2D eigenvalue weighted by Crippen LogP contribution is -2.29. The molecule has 7 nitrogen and oxygen atoms in total. The van der Waals surface area contributed by atoms with Gasteiger partial charge in [0.1, 0.15) is 5.75 Å². The lowest BCUT2D eigenvalue weighted by molar-refractivity contribution is -0.118. The third-order valence-electron chi connectivity index (χ3n) is 4.12. The molecule has 0 aliphatic carbocycles. The summed E-state index contributed by atoms with van der Waals surface area (Å²) in [5.41, 5.74) is 6.60. The van der Waals surface area contributed by atoms with E-state index in [1.165, 1.54) is 12.1 Å². The van der Waals surface area contributed by atoms with Gasteiger partial charge in [0.05, 0.1) is 17.4 Å². The summed E-state index contributed by atoms with van der Waals surface area (Å²) in [5.74, 6) is 0.182. The van der Waals surface area contributed by atoms with Crippen LogP contribution in [0.15, 0.2) is 53.4 Å². The van der Waals surface area contributed by atoms with Crippen molar-refractivity contribution in [2.45, 2.75) is 17.2 Å². The molecule has 2 aromatic carbocycles. The highest BCUT2D eigenvalue weighted by molar-refractivity contribution is 7.89. The van der Waals surface area contributed by atoms with Crippen LogP contribution < -0.4 is 20.5 Å². The largest absolute Gasteiger partial charge is 0.493 e. The third-order valence-corrected chi connectivity index (χ3v) is 5.58. The van der Waals surface area contributed by atoms with Crippen LogP contribution in [0.1, 0.15) is 17.9 Å². The molecule has 0 saturated carbocycles. The van der Waals surface area contributed by atoms with Gasteiger partial charge in [-0.2, -0.15) is 0 Å². The van der Waals surface area contributed by atoms with E-state index in [1.807, 2.05) is 24.3 Å². The van der Waals surface area contributed by atoms with Crippen LogP contribution in [-0.2, 0) is 14.8 Å². The number of para-hydroxylation sites is 1. The second kappa shape index (κ2) is 9.18. The van der Waals surface area contributed by atoms with Gasteiger partial charge in [-0.3, -0.25) is 4.79 Å². The van der Waals surface area contributed by atoms with Crippen LogP contribution in [-0.4, -0.2) is 34.0 Å². The topological polar surface area (TPSA) is 111 Å². The number of hydrogen-bond acceptors (Lipinski definition) is 5. The smallest absolute Gasteiger partial charge is 0.240 e. The predicted octanol–water partition coefficient (Wildman–Crippen LogP) is 1.85. The number of carbonyl (C=O) groups is 1. The Labute approximate surface area is 164 Å². The number of sulfonamides is 1. The predicted molar refractivity (Wildman–Crippen MR) is 106 cm³/mol. The SMILES string of the molecule is Cl.NCCNS(=O)(=O)c1cccc(NC(=O)C2CCOc3ccccc32)c1. The van der Waals surface area contributed by atoms with Gasteiger partial charge in [-0.25, -0.2) is 13.1 Å². The van der Waals surface area contributed by atoms with E-state index >= 15 is 0 Å². The van der Waals surface area contributed by atoms with Crippen molar-refractivity contribution < 1.29 is 17.9 Å². The average Bonchev–Trinajstić information content (AvgIpc) is 2.66. The van der Waals surface area contributed by atoms with Gasteiger partial charge in [-0.05, 0) is 30.7 Å². The van der Waals surface area contributed by atoms with Crippen LogP contribution >= 0.6 is 12.4 Å². The number of hydrogen-bond donors (Lipinski definition) is 3. The Balaban J connectivity index is 0.00000261. The zero-order chi connectivity index (χ0) is 18.6. The van der Waals surface area contributed by atoms with E-state index < -0.39 is 10.0 Å². The third kappa shape index (κ3) is 4.98. The first-order valence-corrected chi connectivity index (χ1v) is 9.82. The van der Waals surface area contributed by atoms with E-state index in [4.69, 9.17) is 10.5 Å². The molecule has 2 aromatic rings. The van der Waals surface area contributed by atoms with E-state index in [2.05, 4.69) is 10.0 Å². The van der Waals surface area contributed by atoms with E-state index in [9.17, 15) is 13.2 Å². The summed E-state index contributed by atoms with van der Waals surface area (Å²) in [6.07, 6.45) is 0.568. The summed E-state index contributed by atoms with van der Waals surface area (Å²) >= 11 is 0. The minimum Gasteiger partial charge on any atom is -0.493 e. The first-order chi connectivity index (χ1) is 12.5. The fourth-order valence-electron chi connectivity index (χ4n) is 2.86. The molecule has 9 heteroatoms. The Kier molecular flexibility index (Phi) is 7.20. The van der Waals surface area contributed by atoms with Crippen LogP contribution in [0.5, 0.6) is 5.75 Å². The normalized spacial score (nSPS) is 15.8. The highest BCUT2D eigenvalue weighted by atomic mass is 35.5. The lowest BCUT2D eigenvalue weighted by atomic mass is 9.92. The Morgan fingerprint density at radius 2 is 1.96 bits per heavy atom. The molecule has 1 unspecified atom stereocenters. The summed E-state index contributed by atoms with van der Waals surface area (Å²) in [6, 6.07) is 13.6. The molecular formula is C18H22ClN3O4S. The summed E-state index contributed by atoms with van der Waals surface area (Å²) in [4.78, 5) is 12.8. The lowest BCUT2D eigenvalue weighted by Gasteiger charge is -2.25. The standard InChI is InChI=1S/C18H21N3O4S.ClH/c19-9-10-20-26(23,24)14-5-3-4-13(12-14)21-18(22)16-8-11-25-17-7-2-1-6-15(16)17;/h1-7,12,16,20H,8-11,19H2,(H,21,22);1H. The molecule has 1 aliphatic rings. The maximum atomic E-state index is 12.7. The van der Waals surface area contributed by atoms with Gasteiger partial charge in [0.15, 0.2) is 0 Å². The molecule has 1 atom stereocenters.